The molecule has 1 saturated carbocycles. The molecule has 35 heavy (non-hydrogen) atoms. The molecule has 1 N–H and O–H groups in total. The molecule has 1 aliphatic heterocycles. The molecule has 1 amide bonds. The molecule has 1 saturated heterocycles. The van der Waals surface area contributed by atoms with Crippen LogP contribution < -0.4 is 15.0 Å². The number of benzene rings is 1. The van der Waals surface area contributed by atoms with Crippen molar-refractivity contribution in [3.8, 4) is 11.8 Å². The van der Waals surface area contributed by atoms with Gasteiger partial charge in [0.1, 0.15) is 24.2 Å². The second-order valence-electron chi connectivity index (χ2n) is 10.5. The van der Waals surface area contributed by atoms with Crippen molar-refractivity contribution >= 4 is 29.5 Å². The van der Waals surface area contributed by atoms with Crippen LogP contribution in [0.2, 0.25) is 5.02 Å². The van der Waals surface area contributed by atoms with E-state index in [9.17, 15) is 9.59 Å². The predicted octanol–water partition coefficient (Wildman–Crippen LogP) is 4.03. The lowest BCUT2D eigenvalue weighted by Gasteiger charge is -2.63. The predicted molar refractivity (Wildman–Crippen MR) is 132 cm³/mol. The van der Waals surface area contributed by atoms with Crippen molar-refractivity contribution in [2.75, 3.05) is 18.0 Å². The Morgan fingerprint density at radius 1 is 1.20 bits per heavy atom. The Balaban J connectivity index is 1.41. The van der Waals surface area contributed by atoms with Crippen LogP contribution in [0, 0.1) is 28.1 Å². The van der Waals surface area contributed by atoms with Crippen LogP contribution in [-0.4, -0.2) is 47.4 Å². The summed E-state index contributed by atoms with van der Waals surface area (Å²) >= 11 is 6.17. The fourth-order valence-electron chi connectivity index (χ4n) is 5.69. The van der Waals surface area contributed by atoms with Crippen molar-refractivity contribution in [2.45, 2.75) is 52.7 Å². The number of nitrogens with zero attached hydrogens (tertiary/aromatic N) is 4. The third-order valence-electron chi connectivity index (χ3n) is 7.37. The fourth-order valence-corrected chi connectivity index (χ4v) is 5.90. The van der Waals surface area contributed by atoms with Gasteiger partial charge in [0.2, 0.25) is 5.82 Å². The van der Waals surface area contributed by atoms with E-state index >= 15 is 0 Å². The van der Waals surface area contributed by atoms with Crippen LogP contribution >= 0.6 is 11.6 Å². The highest BCUT2D eigenvalue weighted by Gasteiger charge is 2.64. The summed E-state index contributed by atoms with van der Waals surface area (Å²) in [6.07, 6.45) is 5.80. The molecule has 0 radical (unpaired) electrons. The van der Waals surface area contributed by atoms with Gasteiger partial charge in [0.15, 0.2) is 0 Å². The summed E-state index contributed by atoms with van der Waals surface area (Å²) in [6.45, 7) is 9.74. The van der Waals surface area contributed by atoms with Crippen molar-refractivity contribution in [1.82, 2.24) is 15.3 Å². The molecule has 4 rings (SSSR count). The molecule has 2 fully saturated rings. The smallest absolute Gasteiger partial charge is 0.289 e. The molecule has 9 heteroatoms. The first-order chi connectivity index (χ1) is 16.6. The number of nitrogens with one attached hydrogen (secondary N) is 1. The maximum Gasteiger partial charge on any atom is 0.289 e. The van der Waals surface area contributed by atoms with Gasteiger partial charge >= 0.3 is 0 Å². The Morgan fingerprint density at radius 3 is 2.37 bits per heavy atom. The van der Waals surface area contributed by atoms with Gasteiger partial charge in [-0.05, 0) is 25.0 Å². The summed E-state index contributed by atoms with van der Waals surface area (Å²) in [5, 5.41) is 12.5. The van der Waals surface area contributed by atoms with Gasteiger partial charge < -0.3 is 19.7 Å². The van der Waals surface area contributed by atoms with Crippen LogP contribution in [0.25, 0.3) is 0 Å². The topological polar surface area (TPSA) is 108 Å². The normalized spacial score (nSPS) is 23.0. The molecular formula is C26H30ClN5O3. The first-order valence-corrected chi connectivity index (χ1v) is 12.1. The second kappa shape index (κ2) is 9.46. The van der Waals surface area contributed by atoms with E-state index in [1.807, 2.05) is 33.8 Å². The van der Waals surface area contributed by atoms with E-state index in [1.54, 1.807) is 30.6 Å². The number of hydrogen-bond acceptors (Lipinski definition) is 7. The Morgan fingerprint density at radius 2 is 1.83 bits per heavy atom. The van der Waals surface area contributed by atoms with E-state index in [0.717, 1.165) is 37.9 Å². The number of aldehydes is 1. The largest absolute Gasteiger partial charge is 0.489 e. The maximum atomic E-state index is 13.0. The van der Waals surface area contributed by atoms with Gasteiger partial charge in [0.25, 0.3) is 5.91 Å². The lowest BCUT2D eigenvalue weighted by molar-refractivity contribution is -0.164. The highest BCUT2D eigenvalue weighted by atomic mass is 35.5. The molecule has 0 bridgehead atoms. The highest BCUT2D eigenvalue weighted by molar-refractivity contribution is 6.31. The van der Waals surface area contributed by atoms with E-state index in [4.69, 9.17) is 21.6 Å². The molecule has 2 aromatic rings. The lowest BCUT2D eigenvalue weighted by Crippen LogP contribution is -2.74. The maximum absolute atomic E-state index is 13.0. The van der Waals surface area contributed by atoms with Crippen LogP contribution in [0.4, 0.5) is 5.69 Å². The van der Waals surface area contributed by atoms with E-state index in [1.165, 1.54) is 0 Å². The lowest BCUT2D eigenvalue weighted by atomic mass is 9.49. The van der Waals surface area contributed by atoms with Crippen molar-refractivity contribution in [3.63, 3.8) is 0 Å². The van der Waals surface area contributed by atoms with Gasteiger partial charge in [0.05, 0.1) is 28.7 Å². The molecular weight excluding hydrogens is 466 g/mol. The van der Waals surface area contributed by atoms with Crippen LogP contribution in [0.1, 0.15) is 56.7 Å². The minimum atomic E-state index is -0.373. The Kier molecular flexibility index (Phi) is 6.74. The van der Waals surface area contributed by atoms with E-state index in [-0.39, 0.29) is 40.6 Å². The highest BCUT2D eigenvalue weighted by Crippen LogP contribution is 2.55. The van der Waals surface area contributed by atoms with Crippen molar-refractivity contribution < 1.29 is 14.3 Å². The molecule has 0 spiro atoms. The SMILES string of the molecule is CC1(C)C(NC(=O)c2ncc(N3CCC(C=O)CC3)cn2)C(C)(C)C1Oc1ccc(C#N)c(Cl)c1. The molecule has 2 aliphatic rings. The molecule has 1 aromatic carbocycles. The first-order valence-electron chi connectivity index (χ1n) is 11.8. The summed E-state index contributed by atoms with van der Waals surface area (Å²) in [6, 6.07) is 6.89. The zero-order valence-corrected chi connectivity index (χ0v) is 21.2. The number of carbonyl (C=O) groups is 2. The van der Waals surface area contributed by atoms with Crippen LogP contribution in [0.3, 0.4) is 0 Å². The minimum absolute atomic E-state index is 0.117. The Labute approximate surface area is 210 Å². The third-order valence-corrected chi connectivity index (χ3v) is 7.68. The van der Waals surface area contributed by atoms with E-state index < -0.39 is 0 Å². The zero-order chi connectivity index (χ0) is 25.4. The van der Waals surface area contributed by atoms with Crippen molar-refractivity contribution in [2.24, 2.45) is 16.7 Å². The van der Waals surface area contributed by atoms with Crippen molar-refractivity contribution in [3.05, 3.63) is 47.0 Å². The van der Waals surface area contributed by atoms with Gasteiger partial charge in [-0.3, -0.25) is 4.79 Å². The van der Waals surface area contributed by atoms with Crippen LogP contribution in [-0.2, 0) is 4.79 Å². The monoisotopic (exact) mass is 495 g/mol. The zero-order valence-electron chi connectivity index (χ0n) is 20.4. The number of ether oxygens (including phenoxy) is 1. The first kappa shape index (κ1) is 24.9. The summed E-state index contributed by atoms with van der Waals surface area (Å²) in [5.41, 5.74) is 0.502. The number of aromatic nitrogens is 2. The van der Waals surface area contributed by atoms with Gasteiger partial charge in [0, 0.05) is 41.9 Å². The van der Waals surface area contributed by atoms with Gasteiger partial charge in [-0.2, -0.15) is 5.26 Å². The molecule has 0 unspecified atom stereocenters. The quantitative estimate of drug-likeness (QED) is 0.602. The number of piperidine rings is 1. The number of halogens is 1. The average Bonchev–Trinajstić information content (AvgIpc) is 2.85. The van der Waals surface area contributed by atoms with Crippen molar-refractivity contribution in [1.29, 1.82) is 5.26 Å². The number of anilines is 1. The second-order valence-corrected chi connectivity index (χ2v) is 10.9. The fraction of sp³-hybridized carbons (Fsp3) is 0.500. The summed E-state index contributed by atoms with van der Waals surface area (Å²) in [5.74, 6) is 0.489. The summed E-state index contributed by atoms with van der Waals surface area (Å²) in [7, 11) is 0. The number of nitriles is 1. The Bertz CT molecular complexity index is 1130. The van der Waals surface area contributed by atoms with E-state index in [2.05, 4.69) is 20.2 Å². The standard InChI is InChI=1S/C26H30ClN5O3/c1-25(2)23(26(3,4)24(25)35-19-6-5-17(12-28)20(27)11-19)31-22(34)21-29-13-18(14-30-21)32-9-7-16(15-33)8-10-32/h5-6,11,13-16,23-24H,7-10H2,1-4H3,(H,31,34). The average molecular weight is 496 g/mol. The number of hydrogen-bond donors (Lipinski definition) is 1. The number of carbonyl (C=O) groups excluding carboxylic acids is 2. The Hall–Kier alpha value is -3.18. The molecule has 1 aliphatic carbocycles. The number of rotatable bonds is 6. The van der Waals surface area contributed by atoms with Crippen LogP contribution in [0.15, 0.2) is 30.6 Å². The van der Waals surface area contributed by atoms with Gasteiger partial charge in [-0.1, -0.05) is 39.3 Å². The molecule has 1 aromatic heterocycles. The number of amides is 1. The summed E-state index contributed by atoms with van der Waals surface area (Å²) < 4.78 is 6.27. The minimum Gasteiger partial charge on any atom is -0.489 e. The molecule has 0 atom stereocenters. The molecule has 184 valence electrons. The van der Waals surface area contributed by atoms with Gasteiger partial charge in [-0.25, -0.2) is 9.97 Å². The van der Waals surface area contributed by atoms with E-state index in [0.29, 0.717) is 16.3 Å². The summed E-state index contributed by atoms with van der Waals surface area (Å²) in [4.78, 5) is 34.7. The third kappa shape index (κ3) is 4.70. The molecule has 8 nitrogen and oxygen atoms in total. The van der Waals surface area contributed by atoms with Gasteiger partial charge in [-0.15, -0.1) is 0 Å². The molecule has 2 heterocycles. The van der Waals surface area contributed by atoms with Crippen LogP contribution in [0.5, 0.6) is 5.75 Å².